The molecule has 0 aromatic heterocycles. The molecule has 4 rings (SSSR count). The zero-order valence-electron chi connectivity index (χ0n) is 22.3. The quantitative estimate of drug-likeness (QED) is 0.622. The number of hydrogen-bond acceptors (Lipinski definition) is 5. The minimum absolute atomic E-state index is 0.0487. The predicted octanol–water partition coefficient (Wildman–Crippen LogP) is 4.92. The van der Waals surface area contributed by atoms with Crippen LogP contribution in [-0.4, -0.2) is 56.2 Å². The second-order valence-electron chi connectivity index (χ2n) is 10.1. The lowest BCUT2D eigenvalue weighted by Gasteiger charge is -2.36. The van der Waals surface area contributed by atoms with E-state index in [1.54, 1.807) is 14.0 Å². The van der Waals surface area contributed by atoms with E-state index in [2.05, 4.69) is 10.2 Å². The highest BCUT2D eigenvalue weighted by atomic mass is 16.5. The number of methoxy groups -OCH3 is 1. The van der Waals surface area contributed by atoms with E-state index < -0.39 is 0 Å². The van der Waals surface area contributed by atoms with Crippen LogP contribution in [0.3, 0.4) is 0 Å². The summed E-state index contributed by atoms with van der Waals surface area (Å²) in [6.45, 7) is 6.13. The Hall–Kier alpha value is -2.90. The monoisotopic (exact) mass is 507 g/mol. The SMILES string of the molecule is COc1ccc(CNC(=O)c2ccc3c(c2)CN(C2CCOCC2)CCCCCCCN3C(C)=O)cc1. The van der Waals surface area contributed by atoms with Gasteiger partial charge < -0.3 is 19.7 Å². The van der Waals surface area contributed by atoms with Gasteiger partial charge >= 0.3 is 0 Å². The van der Waals surface area contributed by atoms with Crippen molar-refractivity contribution < 1.29 is 19.1 Å². The lowest BCUT2D eigenvalue weighted by atomic mass is 10.0. The van der Waals surface area contributed by atoms with Gasteiger partial charge in [-0.25, -0.2) is 0 Å². The maximum Gasteiger partial charge on any atom is 0.251 e. The Morgan fingerprint density at radius 1 is 0.973 bits per heavy atom. The molecule has 1 saturated heterocycles. The smallest absolute Gasteiger partial charge is 0.251 e. The van der Waals surface area contributed by atoms with Gasteiger partial charge in [-0.15, -0.1) is 0 Å². The van der Waals surface area contributed by atoms with Gasteiger partial charge in [-0.05, 0) is 73.7 Å². The third-order valence-corrected chi connectivity index (χ3v) is 7.53. The molecule has 2 aromatic carbocycles. The Morgan fingerprint density at radius 3 is 2.38 bits per heavy atom. The topological polar surface area (TPSA) is 71.1 Å². The average Bonchev–Trinajstić information content (AvgIpc) is 2.92. The minimum atomic E-state index is -0.114. The number of fused-ring (bicyclic) bond motifs is 1. The number of anilines is 1. The molecule has 200 valence electrons. The molecule has 7 nitrogen and oxygen atoms in total. The molecule has 2 amide bonds. The van der Waals surface area contributed by atoms with E-state index in [-0.39, 0.29) is 11.8 Å². The van der Waals surface area contributed by atoms with Gasteiger partial charge in [0.1, 0.15) is 5.75 Å². The Labute approximate surface area is 221 Å². The number of carbonyl (C=O) groups is 2. The van der Waals surface area contributed by atoms with Gasteiger partial charge in [0.25, 0.3) is 5.91 Å². The first kappa shape index (κ1) is 27.1. The summed E-state index contributed by atoms with van der Waals surface area (Å²) in [4.78, 5) is 30.3. The highest BCUT2D eigenvalue weighted by molar-refractivity contribution is 5.97. The van der Waals surface area contributed by atoms with Crippen molar-refractivity contribution in [1.82, 2.24) is 10.2 Å². The molecule has 0 aliphatic carbocycles. The van der Waals surface area contributed by atoms with E-state index in [1.807, 2.05) is 47.4 Å². The van der Waals surface area contributed by atoms with Crippen LogP contribution in [-0.2, 0) is 22.6 Å². The average molecular weight is 508 g/mol. The third kappa shape index (κ3) is 7.55. The van der Waals surface area contributed by atoms with E-state index in [0.29, 0.717) is 24.7 Å². The van der Waals surface area contributed by atoms with Crippen LogP contribution in [0.4, 0.5) is 5.69 Å². The van der Waals surface area contributed by atoms with Crippen molar-refractivity contribution in [2.24, 2.45) is 0 Å². The van der Waals surface area contributed by atoms with E-state index in [1.165, 1.54) is 19.3 Å². The van der Waals surface area contributed by atoms with Crippen LogP contribution >= 0.6 is 0 Å². The highest BCUT2D eigenvalue weighted by Crippen LogP contribution is 2.28. The van der Waals surface area contributed by atoms with E-state index >= 15 is 0 Å². The molecule has 2 aliphatic heterocycles. The van der Waals surface area contributed by atoms with Crippen molar-refractivity contribution in [2.45, 2.75) is 71.0 Å². The molecule has 0 atom stereocenters. The second kappa shape index (κ2) is 13.6. The number of ether oxygens (including phenoxy) is 2. The van der Waals surface area contributed by atoms with Gasteiger partial charge in [-0.1, -0.05) is 31.4 Å². The standard InChI is InChI=1S/C30H41N3O4/c1-23(34)33-17-7-5-3-4-6-16-32(27-14-18-37-19-15-27)22-26-20-25(10-13-29(26)33)30(35)31-21-24-8-11-28(36-2)12-9-24/h8-13,20,27H,3-7,14-19,21-22H2,1-2H3,(H,31,35). The van der Waals surface area contributed by atoms with Gasteiger partial charge in [0, 0.05) is 57.1 Å². The lowest BCUT2D eigenvalue weighted by Crippen LogP contribution is -2.40. The summed E-state index contributed by atoms with van der Waals surface area (Å²) in [7, 11) is 1.64. The van der Waals surface area contributed by atoms with Crippen LogP contribution in [0.2, 0.25) is 0 Å². The van der Waals surface area contributed by atoms with Gasteiger partial charge in [0.05, 0.1) is 7.11 Å². The van der Waals surface area contributed by atoms with Crippen molar-refractivity contribution in [3.05, 3.63) is 59.2 Å². The Balaban J connectivity index is 1.58. The first-order chi connectivity index (χ1) is 18.0. The molecule has 2 aliphatic rings. The van der Waals surface area contributed by atoms with Crippen LogP contribution in [0.15, 0.2) is 42.5 Å². The maximum atomic E-state index is 13.2. The fourth-order valence-corrected chi connectivity index (χ4v) is 5.37. The summed E-state index contributed by atoms with van der Waals surface area (Å²) >= 11 is 0. The lowest BCUT2D eigenvalue weighted by molar-refractivity contribution is -0.116. The number of nitrogens with one attached hydrogen (secondary N) is 1. The van der Waals surface area contributed by atoms with Gasteiger partial charge in [0.2, 0.25) is 5.91 Å². The summed E-state index contributed by atoms with van der Waals surface area (Å²) in [5, 5.41) is 3.05. The van der Waals surface area contributed by atoms with E-state index in [4.69, 9.17) is 9.47 Å². The van der Waals surface area contributed by atoms with Crippen molar-refractivity contribution in [3.63, 3.8) is 0 Å². The van der Waals surface area contributed by atoms with Crippen molar-refractivity contribution >= 4 is 17.5 Å². The maximum absolute atomic E-state index is 13.2. The molecule has 2 aromatic rings. The number of nitrogens with zero attached hydrogens (tertiary/aromatic N) is 2. The van der Waals surface area contributed by atoms with Crippen molar-refractivity contribution in [3.8, 4) is 5.75 Å². The van der Waals surface area contributed by atoms with E-state index in [9.17, 15) is 9.59 Å². The zero-order chi connectivity index (χ0) is 26.0. The predicted molar refractivity (Wildman–Crippen MR) is 146 cm³/mol. The largest absolute Gasteiger partial charge is 0.497 e. The summed E-state index contributed by atoms with van der Waals surface area (Å²) < 4.78 is 10.9. The van der Waals surface area contributed by atoms with Crippen LogP contribution in [0.25, 0.3) is 0 Å². The second-order valence-corrected chi connectivity index (χ2v) is 10.1. The Morgan fingerprint density at radius 2 is 1.68 bits per heavy atom. The van der Waals surface area contributed by atoms with Gasteiger partial charge in [-0.3, -0.25) is 14.5 Å². The Bertz CT molecular complexity index is 1030. The Kier molecular flexibility index (Phi) is 9.97. The van der Waals surface area contributed by atoms with Crippen molar-refractivity contribution in [2.75, 3.05) is 38.3 Å². The normalized spacial score (nSPS) is 18.3. The number of hydrogen-bond donors (Lipinski definition) is 1. The number of carbonyl (C=O) groups excluding carboxylic acids is 2. The molecule has 0 spiro atoms. The van der Waals surface area contributed by atoms with Crippen LogP contribution in [0.1, 0.15) is 73.4 Å². The third-order valence-electron chi connectivity index (χ3n) is 7.53. The molecule has 7 heteroatoms. The summed E-state index contributed by atoms with van der Waals surface area (Å²) in [6, 6.07) is 14.0. The summed E-state index contributed by atoms with van der Waals surface area (Å²) in [5.41, 5.74) is 3.60. The highest BCUT2D eigenvalue weighted by Gasteiger charge is 2.25. The van der Waals surface area contributed by atoms with Crippen LogP contribution in [0, 0.1) is 0 Å². The molecular formula is C30H41N3O4. The summed E-state index contributed by atoms with van der Waals surface area (Å²) in [5.74, 6) is 0.725. The number of amides is 2. The zero-order valence-corrected chi connectivity index (χ0v) is 22.3. The van der Waals surface area contributed by atoms with Crippen LogP contribution < -0.4 is 15.0 Å². The molecule has 37 heavy (non-hydrogen) atoms. The number of benzene rings is 2. The van der Waals surface area contributed by atoms with Gasteiger partial charge in [0.15, 0.2) is 0 Å². The summed E-state index contributed by atoms with van der Waals surface area (Å²) in [6.07, 6.45) is 7.75. The molecule has 2 heterocycles. The first-order valence-electron chi connectivity index (χ1n) is 13.7. The molecule has 0 bridgehead atoms. The van der Waals surface area contributed by atoms with E-state index in [0.717, 1.165) is 74.6 Å². The van der Waals surface area contributed by atoms with Crippen molar-refractivity contribution in [1.29, 1.82) is 0 Å². The van der Waals surface area contributed by atoms with Gasteiger partial charge in [-0.2, -0.15) is 0 Å². The fraction of sp³-hybridized carbons (Fsp3) is 0.533. The fourth-order valence-electron chi connectivity index (χ4n) is 5.37. The molecule has 0 saturated carbocycles. The number of rotatable bonds is 5. The molecule has 1 N–H and O–H groups in total. The minimum Gasteiger partial charge on any atom is -0.497 e. The first-order valence-corrected chi connectivity index (χ1v) is 13.7. The molecular weight excluding hydrogens is 466 g/mol. The molecule has 1 fully saturated rings. The molecule has 0 radical (unpaired) electrons. The van der Waals surface area contributed by atoms with Crippen LogP contribution in [0.5, 0.6) is 5.75 Å². The molecule has 0 unspecified atom stereocenters.